The molecule has 92 valence electrons. The van der Waals surface area contributed by atoms with Gasteiger partial charge < -0.3 is 0 Å². The second kappa shape index (κ2) is 4.55. The first kappa shape index (κ1) is 12.2. The van der Waals surface area contributed by atoms with Crippen LogP contribution < -0.4 is 0 Å². The summed E-state index contributed by atoms with van der Waals surface area (Å²) in [5.41, 5.74) is 1.16. The van der Waals surface area contributed by atoms with Crippen LogP contribution in [-0.2, 0) is 4.79 Å². The first-order valence-corrected chi connectivity index (χ1v) is 6.19. The van der Waals surface area contributed by atoms with Gasteiger partial charge in [-0.15, -0.1) is 0 Å². The van der Waals surface area contributed by atoms with Crippen molar-refractivity contribution in [3.63, 3.8) is 0 Å². The van der Waals surface area contributed by atoms with Crippen LogP contribution in [0.3, 0.4) is 0 Å². The van der Waals surface area contributed by atoms with E-state index >= 15 is 0 Å². The molecule has 0 N–H and O–H groups in total. The number of halogens is 1. The van der Waals surface area contributed by atoms with E-state index in [1.54, 1.807) is 0 Å². The molecule has 2 atom stereocenters. The number of fused-ring (bicyclic) bond motifs is 1. The van der Waals surface area contributed by atoms with Gasteiger partial charge in [0, 0.05) is 24.0 Å². The number of hydrogen-bond acceptors (Lipinski definition) is 2. The first-order valence-electron chi connectivity index (χ1n) is 6.19. The molecule has 0 aliphatic heterocycles. The lowest BCUT2D eigenvalue weighted by Crippen LogP contribution is -2.24. The summed E-state index contributed by atoms with van der Waals surface area (Å²) in [5.74, 6) is 0.422. The van der Waals surface area contributed by atoms with Gasteiger partial charge in [0.15, 0.2) is 0 Å². The standard InChI is InChI=1S/C14H18FNO/c1-3-11(15)9-16-13(4-2)14-6-5-12(17)7-10(14)8-14/h3,9-10H,1,4-8H2,2H3/b11-9+,16-13?. The SMILES string of the molecule is C=C/C(F)=C\N=C(CC)C12CCC(=O)CC1C2. The van der Waals surface area contributed by atoms with Crippen LogP contribution in [0, 0.1) is 11.3 Å². The molecule has 2 aliphatic rings. The van der Waals surface area contributed by atoms with Gasteiger partial charge in [-0.1, -0.05) is 13.5 Å². The number of nitrogens with zero attached hydrogens (tertiary/aromatic N) is 1. The van der Waals surface area contributed by atoms with Crippen LogP contribution in [0.5, 0.6) is 0 Å². The molecule has 0 aromatic carbocycles. The normalized spacial score (nSPS) is 33.3. The number of carbonyl (C=O) groups is 1. The van der Waals surface area contributed by atoms with E-state index in [0.717, 1.165) is 31.1 Å². The maximum Gasteiger partial charge on any atom is 0.140 e. The van der Waals surface area contributed by atoms with Crippen molar-refractivity contribution < 1.29 is 9.18 Å². The second-order valence-electron chi connectivity index (χ2n) is 4.95. The van der Waals surface area contributed by atoms with Crippen molar-refractivity contribution in [2.45, 2.75) is 39.0 Å². The number of hydrogen-bond donors (Lipinski definition) is 0. The average Bonchev–Trinajstić information content (AvgIpc) is 3.03. The second-order valence-corrected chi connectivity index (χ2v) is 4.95. The summed E-state index contributed by atoms with van der Waals surface area (Å²) < 4.78 is 13.0. The zero-order valence-corrected chi connectivity index (χ0v) is 10.2. The number of aliphatic imine (C=N–C) groups is 1. The molecule has 0 bridgehead atoms. The molecule has 2 rings (SSSR count). The highest BCUT2D eigenvalue weighted by molar-refractivity contribution is 5.96. The molecule has 0 radical (unpaired) electrons. The summed E-state index contributed by atoms with van der Waals surface area (Å²) in [6, 6.07) is 0. The molecular formula is C14H18FNO. The lowest BCUT2D eigenvalue weighted by molar-refractivity contribution is -0.120. The molecular weight excluding hydrogens is 217 g/mol. The maximum absolute atomic E-state index is 13.0. The molecule has 0 amide bonds. The van der Waals surface area contributed by atoms with Gasteiger partial charge >= 0.3 is 0 Å². The fourth-order valence-corrected chi connectivity index (χ4v) is 2.96. The van der Waals surface area contributed by atoms with Crippen molar-refractivity contribution in [3.8, 4) is 0 Å². The highest BCUT2D eigenvalue weighted by Crippen LogP contribution is 2.61. The average molecular weight is 235 g/mol. The van der Waals surface area contributed by atoms with Crippen LogP contribution in [0.15, 0.2) is 29.7 Å². The van der Waals surface area contributed by atoms with Crippen LogP contribution >= 0.6 is 0 Å². The molecule has 2 fully saturated rings. The van der Waals surface area contributed by atoms with E-state index in [1.165, 1.54) is 6.20 Å². The van der Waals surface area contributed by atoms with E-state index in [4.69, 9.17) is 0 Å². The summed E-state index contributed by atoms with van der Waals surface area (Å²) in [4.78, 5) is 15.6. The fraction of sp³-hybridized carbons (Fsp3) is 0.571. The van der Waals surface area contributed by atoms with E-state index in [9.17, 15) is 9.18 Å². The largest absolute Gasteiger partial charge is 0.300 e. The van der Waals surface area contributed by atoms with Crippen molar-refractivity contribution in [2.24, 2.45) is 16.3 Å². The number of ketones is 1. The molecule has 0 saturated heterocycles. The van der Waals surface area contributed by atoms with Gasteiger partial charge in [-0.2, -0.15) is 0 Å². The van der Waals surface area contributed by atoms with Crippen molar-refractivity contribution >= 4 is 11.5 Å². The van der Waals surface area contributed by atoms with Crippen LogP contribution in [0.2, 0.25) is 0 Å². The Hall–Kier alpha value is -1.25. The Morgan fingerprint density at radius 3 is 3.06 bits per heavy atom. The van der Waals surface area contributed by atoms with Gasteiger partial charge in [0.1, 0.15) is 11.6 Å². The van der Waals surface area contributed by atoms with E-state index < -0.39 is 5.83 Å². The number of Topliss-reactive ketones (excluding diaryl/α,β-unsaturated/α-hetero) is 1. The summed E-state index contributed by atoms with van der Waals surface area (Å²) >= 11 is 0. The lowest BCUT2D eigenvalue weighted by Gasteiger charge is -2.22. The third-order valence-corrected chi connectivity index (χ3v) is 4.00. The van der Waals surface area contributed by atoms with Gasteiger partial charge in [-0.3, -0.25) is 9.79 Å². The van der Waals surface area contributed by atoms with Crippen LogP contribution in [-0.4, -0.2) is 11.5 Å². The number of allylic oxidation sites excluding steroid dienone is 2. The highest BCUT2D eigenvalue weighted by atomic mass is 19.1. The summed E-state index contributed by atoms with van der Waals surface area (Å²) in [6.07, 6.45) is 6.51. The molecule has 0 aromatic heterocycles. The minimum atomic E-state index is -0.406. The monoisotopic (exact) mass is 235 g/mol. The first-order chi connectivity index (χ1) is 8.12. The predicted octanol–water partition coefficient (Wildman–Crippen LogP) is 3.59. The third kappa shape index (κ3) is 2.24. The zero-order valence-electron chi connectivity index (χ0n) is 10.2. The Morgan fingerprint density at radius 1 is 1.71 bits per heavy atom. The van der Waals surface area contributed by atoms with E-state index in [0.29, 0.717) is 24.5 Å². The van der Waals surface area contributed by atoms with Crippen molar-refractivity contribution in [1.82, 2.24) is 0 Å². The van der Waals surface area contributed by atoms with Crippen LogP contribution in [0.1, 0.15) is 39.0 Å². The van der Waals surface area contributed by atoms with Gasteiger partial charge in [0.05, 0.1) is 6.20 Å². The van der Waals surface area contributed by atoms with Gasteiger partial charge in [0.25, 0.3) is 0 Å². The summed E-state index contributed by atoms with van der Waals surface area (Å²) in [5, 5.41) is 0. The van der Waals surface area contributed by atoms with E-state index in [1.807, 2.05) is 6.92 Å². The minimum Gasteiger partial charge on any atom is -0.300 e. The Labute approximate surface area is 101 Å². The van der Waals surface area contributed by atoms with E-state index in [-0.39, 0.29) is 5.41 Å². The van der Waals surface area contributed by atoms with Gasteiger partial charge in [-0.25, -0.2) is 4.39 Å². The quantitative estimate of drug-likeness (QED) is 0.541. The smallest absolute Gasteiger partial charge is 0.140 e. The maximum atomic E-state index is 13.0. The van der Waals surface area contributed by atoms with E-state index in [2.05, 4.69) is 11.6 Å². The molecule has 2 nitrogen and oxygen atoms in total. The lowest BCUT2D eigenvalue weighted by atomic mass is 9.83. The summed E-state index contributed by atoms with van der Waals surface area (Å²) in [6.45, 7) is 5.40. The minimum absolute atomic E-state index is 0.112. The van der Waals surface area contributed by atoms with Crippen molar-refractivity contribution in [1.29, 1.82) is 0 Å². The van der Waals surface area contributed by atoms with Gasteiger partial charge in [-0.05, 0) is 31.3 Å². The molecule has 0 heterocycles. The topological polar surface area (TPSA) is 29.4 Å². The molecule has 2 saturated carbocycles. The molecule has 0 spiro atoms. The van der Waals surface area contributed by atoms with Crippen LogP contribution in [0.4, 0.5) is 4.39 Å². The zero-order chi connectivity index (χ0) is 12.5. The predicted molar refractivity (Wildman–Crippen MR) is 66.5 cm³/mol. The fourth-order valence-electron chi connectivity index (χ4n) is 2.96. The Balaban J connectivity index is 2.15. The van der Waals surface area contributed by atoms with Crippen LogP contribution in [0.25, 0.3) is 0 Å². The Bertz CT molecular complexity index is 410. The molecule has 3 heteroatoms. The molecule has 17 heavy (non-hydrogen) atoms. The Kier molecular flexibility index (Phi) is 3.27. The van der Waals surface area contributed by atoms with Gasteiger partial charge in [0.2, 0.25) is 0 Å². The Morgan fingerprint density at radius 2 is 2.47 bits per heavy atom. The molecule has 2 unspecified atom stereocenters. The molecule has 2 aliphatic carbocycles. The molecule has 0 aromatic rings. The third-order valence-electron chi connectivity index (χ3n) is 4.00. The number of rotatable bonds is 4. The van der Waals surface area contributed by atoms with Crippen molar-refractivity contribution in [2.75, 3.05) is 0 Å². The highest BCUT2D eigenvalue weighted by Gasteiger charge is 2.58. The van der Waals surface area contributed by atoms with Crippen molar-refractivity contribution in [3.05, 3.63) is 24.7 Å². The number of carbonyl (C=O) groups excluding carboxylic acids is 1. The summed E-state index contributed by atoms with van der Waals surface area (Å²) in [7, 11) is 0.